The summed E-state index contributed by atoms with van der Waals surface area (Å²) in [5.41, 5.74) is 2.83. The predicted molar refractivity (Wildman–Crippen MR) is 92.9 cm³/mol. The molecule has 6 heteroatoms. The SMILES string of the molecule is Cc1ccccc1-c1nc(C(=O)N(C)C2CCNC2)cs1.Cl. The normalized spacial score (nSPS) is 17.1. The Labute approximate surface area is 141 Å². The molecule has 3 rings (SSSR count). The van der Waals surface area contributed by atoms with E-state index in [4.69, 9.17) is 0 Å². The van der Waals surface area contributed by atoms with Crippen molar-refractivity contribution in [1.82, 2.24) is 15.2 Å². The number of amides is 1. The fourth-order valence-electron chi connectivity index (χ4n) is 2.63. The van der Waals surface area contributed by atoms with Crippen LogP contribution in [0, 0.1) is 6.92 Å². The minimum absolute atomic E-state index is 0. The van der Waals surface area contributed by atoms with Crippen LogP contribution in [-0.4, -0.2) is 42.0 Å². The van der Waals surface area contributed by atoms with Crippen molar-refractivity contribution in [1.29, 1.82) is 0 Å². The second-order valence-electron chi connectivity index (χ2n) is 5.42. The average Bonchev–Trinajstić information content (AvgIpc) is 3.17. The fourth-order valence-corrected chi connectivity index (χ4v) is 3.51. The van der Waals surface area contributed by atoms with E-state index in [0.29, 0.717) is 5.69 Å². The Morgan fingerprint density at radius 1 is 1.41 bits per heavy atom. The minimum atomic E-state index is 0. The van der Waals surface area contributed by atoms with Crippen LogP contribution in [0.3, 0.4) is 0 Å². The summed E-state index contributed by atoms with van der Waals surface area (Å²) in [5, 5.41) is 6.06. The van der Waals surface area contributed by atoms with E-state index in [1.165, 1.54) is 16.9 Å². The van der Waals surface area contributed by atoms with Gasteiger partial charge in [0.25, 0.3) is 5.91 Å². The number of aryl methyl sites for hydroxylation is 1. The number of carbonyl (C=O) groups is 1. The van der Waals surface area contributed by atoms with Gasteiger partial charge in [0.05, 0.1) is 0 Å². The van der Waals surface area contributed by atoms with Crippen molar-refractivity contribution < 1.29 is 4.79 Å². The van der Waals surface area contributed by atoms with E-state index in [-0.39, 0.29) is 24.4 Å². The number of halogens is 1. The number of nitrogens with zero attached hydrogens (tertiary/aromatic N) is 2. The van der Waals surface area contributed by atoms with Crippen LogP contribution in [0.25, 0.3) is 10.6 Å². The summed E-state index contributed by atoms with van der Waals surface area (Å²) in [6.07, 6.45) is 1.01. The number of aromatic nitrogens is 1. The van der Waals surface area contributed by atoms with Gasteiger partial charge in [-0.15, -0.1) is 23.7 Å². The van der Waals surface area contributed by atoms with Gasteiger partial charge in [0.1, 0.15) is 10.7 Å². The quantitative estimate of drug-likeness (QED) is 0.936. The first kappa shape index (κ1) is 16.9. The first-order chi connectivity index (χ1) is 10.2. The molecule has 0 spiro atoms. The highest BCUT2D eigenvalue weighted by Crippen LogP contribution is 2.27. The Kier molecular flexibility index (Phi) is 5.56. The van der Waals surface area contributed by atoms with E-state index in [9.17, 15) is 4.79 Å². The standard InChI is InChI=1S/C16H19N3OS.ClH/c1-11-5-3-4-6-13(11)15-18-14(10-21-15)16(20)19(2)12-7-8-17-9-12;/h3-6,10,12,17H,7-9H2,1-2H3;1H. The third kappa shape index (κ3) is 3.32. The molecule has 0 aliphatic carbocycles. The summed E-state index contributed by atoms with van der Waals surface area (Å²) in [5.74, 6) is 0.0137. The van der Waals surface area contributed by atoms with Gasteiger partial charge < -0.3 is 10.2 Å². The smallest absolute Gasteiger partial charge is 0.273 e. The van der Waals surface area contributed by atoms with Crippen LogP contribution in [0.15, 0.2) is 29.6 Å². The zero-order valence-corrected chi connectivity index (χ0v) is 14.3. The van der Waals surface area contributed by atoms with Crippen LogP contribution in [0.5, 0.6) is 0 Å². The summed E-state index contributed by atoms with van der Waals surface area (Å²) in [6.45, 7) is 3.92. The predicted octanol–water partition coefficient (Wildman–Crippen LogP) is 2.97. The van der Waals surface area contributed by atoms with E-state index in [1.807, 2.05) is 35.5 Å². The maximum absolute atomic E-state index is 12.5. The van der Waals surface area contributed by atoms with Crippen molar-refractivity contribution in [2.45, 2.75) is 19.4 Å². The van der Waals surface area contributed by atoms with E-state index in [1.54, 1.807) is 0 Å². The van der Waals surface area contributed by atoms with Crippen molar-refractivity contribution in [3.8, 4) is 10.6 Å². The lowest BCUT2D eigenvalue weighted by atomic mass is 10.1. The summed E-state index contributed by atoms with van der Waals surface area (Å²) in [7, 11) is 1.87. The Morgan fingerprint density at radius 3 is 2.86 bits per heavy atom. The zero-order chi connectivity index (χ0) is 14.8. The zero-order valence-electron chi connectivity index (χ0n) is 12.7. The van der Waals surface area contributed by atoms with Gasteiger partial charge in [-0.1, -0.05) is 24.3 Å². The van der Waals surface area contributed by atoms with Gasteiger partial charge >= 0.3 is 0 Å². The molecule has 1 aliphatic rings. The van der Waals surface area contributed by atoms with Gasteiger partial charge in [0.15, 0.2) is 0 Å². The molecule has 2 heterocycles. The van der Waals surface area contributed by atoms with Crippen molar-refractivity contribution in [2.75, 3.05) is 20.1 Å². The van der Waals surface area contributed by atoms with Gasteiger partial charge in [0, 0.05) is 30.6 Å². The highest BCUT2D eigenvalue weighted by molar-refractivity contribution is 7.13. The van der Waals surface area contributed by atoms with E-state index < -0.39 is 0 Å². The first-order valence-corrected chi connectivity index (χ1v) is 8.04. The lowest BCUT2D eigenvalue weighted by Crippen LogP contribution is -2.38. The van der Waals surface area contributed by atoms with Gasteiger partial charge in [-0.2, -0.15) is 0 Å². The molecule has 1 atom stereocenters. The molecule has 4 nitrogen and oxygen atoms in total. The molecule has 1 aromatic heterocycles. The van der Waals surface area contributed by atoms with Gasteiger partial charge in [-0.25, -0.2) is 4.98 Å². The Hall–Kier alpha value is -1.43. The molecule has 0 radical (unpaired) electrons. The maximum Gasteiger partial charge on any atom is 0.273 e. The second-order valence-corrected chi connectivity index (χ2v) is 6.27. The highest BCUT2D eigenvalue weighted by atomic mass is 35.5. The molecule has 0 saturated carbocycles. The monoisotopic (exact) mass is 337 g/mol. The lowest BCUT2D eigenvalue weighted by molar-refractivity contribution is 0.0739. The number of nitrogens with one attached hydrogen (secondary N) is 1. The van der Waals surface area contributed by atoms with Gasteiger partial charge in [-0.3, -0.25) is 4.79 Å². The number of likely N-dealkylation sites (N-methyl/N-ethyl adjacent to an activating group) is 1. The Balaban J connectivity index is 0.00000176. The molecule has 1 unspecified atom stereocenters. The van der Waals surface area contributed by atoms with Crippen LogP contribution in [0.2, 0.25) is 0 Å². The molecule has 22 heavy (non-hydrogen) atoms. The molecule has 1 fully saturated rings. The number of carbonyl (C=O) groups excluding carboxylic acids is 1. The van der Waals surface area contributed by atoms with Crippen molar-refractivity contribution in [3.63, 3.8) is 0 Å². The molecule has 118 valence electrons. The maximum atomic E-state index is 12.5. The molecular weight excluding hydrogens is 318 g/mol. The topological polar surface area (TPSA) is 45.2 Å². The van der Waals surface area contributed by atoms with Crippen molar-refractivity contribution in [2.24, 2.45) is 0 Å². The van der Waals surface area contributed by atoms with Crippen molar-refractivity contribution in [3.05, 3.63) is 40.9 Å². The summed E-state index contributed by atoms with van der Waals surface area (Å²) < 4.78 is 0. The number of hydrogen-bond acceptors (Lipinski definition) is 4. The fraction of sp³-hybridized carbons (Fsp3) is 0.375. The van der Waals surface area contributed by atoms with E-state index >= 15 is 0 Å². The molecule has 1 aliphatic heterocycles. The van der Waals surface area contributed by atoms with Crippen LogP contribution in [0.4, 0.5) is 0 Å². The average molecular weight is 338 g/mol. The van der Waals surface area contributed by atoms with Crippen LogP contribution < -0.4 is 5.32 Å². The molecule has 0 bridgehead atoms. The molecular formula is C16H20ClN3OS. The van der Waals surface area contributed by atoms with E-state index in [0.717, 1.165) is 30.1 Å². The molecule has 1 N–H and O–H groups in total. The van der Waals surface area contributed by atoms with Gasteiger partial charge in [0.2, 0.25) is 0 Å². The third-order valence-electron chi connectivity index (χ3n) is 4.00. The van der Waals surface area contributed by atoms with Crippen LogP contribution in [-0.2, 0) is 0 Å². The highest BCUT2D eigenvalue weighted by Gasteiger charge is 2.25. The molecule has 2 aromatic rings. The second kappa shape index (κ2) is 7.22. The van der Waals surface area contributed by atoms with Crippen LogP contribution >= 0.6 is 23.7 Å². The Morgan fingerprint density at radius 2 is 2.18 bits per heavy atom. The van der Waals surface area contributed by atoms with Crippen LogP contribution in [0.1, 0.15) is 22.5 Å². The summed E-state index contributed by atoms with van der Waals surface area (Å²) in [6, 6.07) is 8.41. The number of benzene rings is 1. The summed E-state index contributed by atoms with van der Waals surface area (Å²) >= 11 is 1.53. The first-order valence-electron chi connectivity index (χ1n) is 7.16. The van der Waals surface area contributed by atoms with Crippen molar-refractivity contribution >= 4 is 29.7 Å². The molecule has 1 saturated heterocycles. The molecule has 1 amide bonds. The molecule has 1 aromatic carbocycles. The van der Waals surface area contributed by atoms with Gasteiger partial charge in [-0.05, 0) is 25.5 Å². The minimum Gasteiger partial charge on any atom is -0.336 e. The number of rotatable bonds is 3. The largest absolute Gasteiger partial charge is 0.336 e. The number of hydrogen-bond donors (Lipinski definition) is 1. The lowest BCUT2D eigenvalue weighted by Gasteiger charge is -2.22. The third-order valence-corrected chi connectivity index (χ3v) is 4.88. The van der Waals surface area contributed by atoms with E-state index in [2.05, 4.69) is 23.3 Å². The summed E-state index contributed by atoms with van der Waals surface area (Å²) in [4.78, 5) is 18.9. The number of thiazole rings is 1. The Bertz CT molecular complexity index is 652.